The predicted molar refractivity (Wildman–Crippen MR) is 146 cm³/mol. The summed E-state index contributed by atoms with van der Waals surface area (Å²) in [6.07, 6.45) is 13.1. The molecule has 0 aliphatic heterocycles. The average Bonchev–Trinajstić information content (AvgIpc) is 3.09. The zero-order valence-electron chi connectivity index (χ0n) is 18.8. The topological polar surface area (TPSA) is 65.2 Å². The fraction of sp³-hybridized carbons (Fsp3) is 0.615. The lowest BCUT2D eigenvalue weighted by molar-refractivity contribution is -0.0209. The van der Waals surface area contributed by atoms with Gasteiger partial charge in [0.15, 0.2) is 0 Å². The quantitative estimate of drug-likeness (QED) is 0.161. The minimum atomic E-state index is -0.136. The number of aliphatic hydroxyl groups excluding tert-OH is 1. The normalized spacial score (nSPS) is 40.2. The number of phenols is 1. The molecule has 4 aliphatic carbocycles. The second kappa shape index (κ2) is 8.63. The molecule has 3 saturated carbocycles. The Morgan fingerprint density at radius 3 is 2.47 bits per heavy atom. The first-order chi connectivity index (χ1) is 15.2. The lowest BCUT2D eigenvalue weighted by Crippen LogP contribution is -2.50. The Bertz CT molecular complexity index is 996. The maximum atomic E-state index is 10.2. The number of benzene rings is 1. The Kier molecular flexibility index (Phi) is 6.27. The van der Waals surface area contributed by atoms with E-state index in [1.807, 2.05) is 18.3 Å². The summed E-state index contributed by atoms with van der Waals surface area (Å²) in [4.78, 5) is 0. The number of fused-ring (bicyclic) bond motifs is 5. The van der Waals surface area contributed by atoms with E-state index in [9.17, 15) is 10.2 Å². The van der Waals surface area contributed by atoms with E-state index in [0.717, 1.165) is 50.2 Å². The van der Waals surface area contributed by atoms with Crippen molar-refractivity contribution in [3.8, 4) is 5.75 Å². The van der Waals surface area contributed by atoms with Crippen LogP contribution in [0.4, 0.5) is 0 Å². The molecule has 1 aromatic rings. The van der Waals surface area contributed by atoms with Crippen molar-refractivity contribution in [2.24, 2.45) is 38.8 Å². The van der Waals surface area contributed by atoms with Crippen molar-refractivity contribution in [1.29, 1.82) is 0 Å². The Morgan fingerprint density at radius 2 is 1.72 bits per heavy atom. The van der Waals surface area contributed by atoms with E-state index in [-0.39, 0.29) is 16.9 Å². The molecule has 32 heavy (non-hydrogen) atoms. The molecule has 6 unspecified atom stereocenters. The van der Waals surface area contributed by atoms with Gasteiger partial charge in [0.25, 0.3) is 0 Å². The van der Waals surface area contributed by atoms with Crippen LogP contribution in [-0.4, -0.2) is 28.2 Å². The summed E-state index contributed by atoms with van der Waals surface area (Å²) >= 11 is 4.31. The Balaban J connectivity index is 1.37. The molecule has 0 heterocycles. The van der Waals surface area contributed by atoms with Crippen LogP contribution in [0.5, 0.6) is 5.75 Å². The molecule has 3 fully saturated rings. The number of hydrogen-bond donors (Lipinski definition) is 2. The molecular formula is C26H32I2N2O2. The van der Waals surface area contributed by atoms with Crippen molar-refractivity contribution in [1.82, 2.24) is 0 Å². The number of rotatable bonds is 2. The van der Waals surface area contributed by atoms with Gasteiger partial charge in [-0.05, 0) is 137 Å². The molecule has 0 aromatic heterocycles. The van der Waals surface area contributed by atoms with Gasteiger partial charge in [-0.1, -0.05) is 25.5 Å². The monoisotopic (exact) mass is 658 g/mol. The molecule has 0 bridgehead atoms. The van der Waals surface area contributed by atoms with Crippen LogP contribution >= 0.6 is 45.2 Å². The predicted octanol–water partition coefficient (Wildman–Crippen LogP) is 6.70. The standard InChI is InChI=1S/C26H32I2N2O2/c1-25-9-7-17(31)13-16(25)3-4-18-19-5-6-23(26(19,2)10-8-20(18)25)30-29-14-15-11-21(27)24(32)22(28)12-15/h3,11-12,14,17-20,31-32H,4-10,13H2,1-2H3/b29-14+,30-23+. The largest absolute Gasteiger partial charge is 0.506 e. The molecular weight excluding hydrogens is 626 g/mol. The van der Waals surface area contributed by atoms with Gasteiger partial charge in [0.1, 0.15) is 5.75 Å². The van der Waals surface area contributed by atoms with Crippen LogP contribution in [0.25, 0.3) is 0 Å². The lowest BCUT2D eigenvalue weighted by Gasteiger charge is -2.57. The minimum absolute atomic E-state index is 0.136. The van der Waals surface area contributed by atoms with E-state index >= 15 is 0 Å². The van der Waals surface area contributed by atoms with Crippen molar-refractivity contribution in [2.45, 2.75) is 71.3 Å². The smallest absolute Gasteiger partial charge is 0.142 e. The molecule has 5 rings (SSSR count). The minimum Gasteiger partial charge on any atom is -0.506 e. The Morgan fingerprint density at radius 1 is 1.03 bits per heavy atom. The first-order valence-electron chi connectivity index (χ1n) is 11.9. The van der Waals surface area contributed by atoms with Crippen LogP contribution < -0.4 is 0 Å². The number of hydrogen-bond acceptors (Lipinski definition) is 4. The highest BCUT2D eigenvalue weighted by Gasteiger charge is 2.57. The molecule has 6 heteroatoms. The summed E-state index contributed by atoms with van der Waals surface area (Å²) in [6, 6.07) is 3.89. The molecule has 0 radical (unpaired) electrons. The van der Waals surface area contributed by atoms with Gasteiger partial charge >= 0.3 is 0 Å². The van der Waals surface area contributed by atoms with Crippen LogP contribution in [0.15, 0.2) is 34.0 Å². The summed E-state index contributed by atoms with van der Waals surface area (Å²) in [5, 5.41) is 29.5. The highest BCUT2D eigenvalue weighted by Crippen LogP contribution is 2.64. The number of nitrogens with zero attached hydrogens (tertiary/aromatic N) is 2. The zero-order chi connectivity index (χ0) is 22.7. The van der Waals surface area contributed by atoms with E-state index in [1.54, 1.807) is 0 Å². The van der Waals surface area contributed by atoms with Gasteiger partial charge in [0.2, 0.25) is 0 Å². The average molecular weight is 658 g/mol. The van der Waals surface area contributed by atoms with E-state index in [0.29, 0.717) is 11.7 Å². The van der Waals surface area contributed by atoms with Crippen molar-refractivity contribution in [2.75, 3.05) is 0 Å². The van der Waals surface area contributed by atoms with Crippen LogP contribution in [0.3, 0.4) is 0 Å². The Hall–Kier alpha value is -0.480. The van der Waals surface area contributed by atoms with Gasteiger partial charge in [0, 0.05) is 11.1 Å². The lowest BCUT2D eigenvalue weighted by atomic mass is 9.48. The molecule has 1 aromatic carbocycles. The van der Waals surface area contributed by atoms with Gasteiger partial charge in [-0.2, -0.15) is 10.2 Å². The second-order valence-corrected chi connectivity index (χ2v) is 13.1. The fourth-order valence-electron chi connectivity index (χ4n) is 7.42. The van der Waals surface area contributed by atoms with E-state index in [1.165, 1.54) is 37.0 Å². The van der Waals surface area contributed by atoms with E-state index in [2.05, 4.69) is 70.2 Å². The first-order valence-corrected chi connectivity index (χ1v) is 14.0. The van der Waals surface area contributed by atoms with Gasteiger partial charge in [0.05, 0.1) is 19.5 Å². The van der Waals surface area contributed by atoms with Crippen LogP contribution in [0.1, 0.15) is 70.8 Å². The van der Waals surface area contributed by atoms with Crippen molar-refractivity contribution >= 4 is 57.1 Å². The van der Waals surface area contributed by atoms with Crippen molar-refractivity contribution in [3.05, 3.63) is 36.5 Å². The van der Waals surface area contributed by atoms with Crippen LogP contribution in [-0.2, 0) is 0 Å². The zero-order valence-corrected chi connectivity index (χ0v) is 23.1. The van der Waals surface area contributed by atoms with Gasteiger partial charge in [-0.3, -0.25) is 0 Å². The van der Waals surface area contributed by atoms with Crippen LogP contribution in [0.2, 0.25) is 0 Å². The van der Waals surface area contributed by atoms with E-state index < -0.39 is 0 Å². The molecule has 0 amide bonds. The number of phenolic OH excluding ortho intramolecular Hbond substituents is 1. The summed E-state index contributed by atoms with van der Waals surface area (Å²) in [7, 11) is 0. The van der Waals surface area contributed by atoms with Gasteiger partial charge in [-0.15, -0.1) is 0 Å². The fourth-order valence-corrected chi connectivity index (χ4v) is 9.24. The molecule has 172 valence electrons. The summed E-state index contributed by atoms with van der Waals surface area (Å²) in [5.74, 6) is 2.50. The van der Waals surface area contributed by atoms with Crippen molar-refractivity contribution < 1.29 is 10.2 Å². The molecule has 4 nitrogen and oxygen atoms in total. The molecule has 0 spiro atoms. The highest BCUT2D eigenvalue weighted by molar-refractivity contribution is 14.1. The van der Waals surface area contributed by atoms with E-state index in [4.69, 9.17) is 5.10 Å². The number of aromatic hydroxyl groups is 1. The third kappa shape index (κ3) is 3.80. The molecule has 2 N–H and O–H groups in total. The third-order valence-electron chi connectivity index (χ3n) is 9.24. The Labute approximate surface area is 218 Å². The maximum absolute atomic E-state index is 10.2. The summed E-state index contributed by atoms with van der Waals surface area (Å²) in [5.41, 5.74) is 4.23. The van der Waals surface area contributed by atoms with Gasteiger partial charge < -0.3 is 10.2 Å². The SMILES string of the molecule is CC12CCC(O)CC1=CCC1C2CCC2(C)/C(=N/N=C/c3cc(I)c(O)c(I)c3)CCC12. The summed E-state index contributed by atoms with van der Waals surface area (Å²) in [6.45, 7) is 4.92. The number of halogens is 2. The molecule has 4 aliphatic rings. The number of aliphatic hydroxyl groups is 1. The van der Waals surface area contributed by atoms with Gasteiger partial charge in [-0.25, -0.2) is 0 Å². The third-order valence-corrected chi connectivity index (χ3v) is 10.9. The summed E-state index contributed by atoms with van der Waals surface area (Å²) < 4.78 is 1.67. The first kappa shape index (κ1) is 23.3. The molecule has 0 saturated heterocycles. The number of allylic oxidation sites excluding steroid dienone is 1. The highest BCUT2D eigenvalue weighted by atomic mass is 127. The second-order valence-electron chi connectivity index (χ2n) is 10.8. The van der Waals surface area contributed by atoms with Crippen molar-refractivity contribution in [3.63, 3.8) is 0 Å². The van der Waals surface area contributed by atoms with Crippen LogP contribution in [0, 0.1) is 35.7 Å². The molecule has 6 atom stereocenters. The maximum Gasteiger partial charge on any atom is 0.142 e.